The van der Waals surface area contributed by atoms with Crippen LogP contribution in [0.4, 0.5) is 0 Å². The van der Waals surface area contributed by atoms with Crippen LogP contribution in [0.3, 0.4) is 0 Å². The first kappa shape index (κ1) is 8.06. The van der Waals surface area contributed by atoms with Crippen LogP contribution in [0.25, 0.3) is 0 Å². The minimum atomic E-state index is 0. The topological polar surface area (TPSA) is 35.0 Å². The summed E-state index contributed by atoms with van der Waals surface area (Å²) in [5.41, 5.74) is 1.42. The lowest BCUT2D eigenvalue weighted by atomic mass is 9.78. The van der Waals surface area contributed by atoms with Crippen molar-refractivity contribution < 1.29 is 0 Å². The standard InChI is InChI=1S/C9H16.H3N/c1-8(2)5-4-7-6-9(7,8)3;/h7H,4-6H2,1-3H3;1H3. The van der Waals surface area contributed by atoms with Gasteiger partial charge in [0.05, 0.1) is 0 Å². The summed E-state index contributed by atoms with van der Waals surface area (Å²) >= 11 is 0. The maximum Gasteiger partial charge on any atom is -0.0243 e. The minimum absolute atomic E-state index is 0. The maximum absolute atomic E-state index is 2.46. The van der Waals surface area contributed by atoms with Gasteiger partial charge in [-0.25, -0.2) is 0 Å². The molecule has 60 valence electrons. The van der Waals surface area contributed by atoms with E-state index >= 15 is 0 Å². The molecular weight excluding hydrogens is 122 g/mol. The van der Waals surface area contributed by atoms with Crippen molar-refractivity contribution >= 4 is 0 Å². The van der Waals surface area contributed by atoms with Gasteiger partial charge >= 0.3 is 0 Å². The molecule has 10 heavy (non-hydrogen) atoms. The molecule has 0 saturated heterocycles. The van der Waals surface area contributed by atoms with E-state index in [1.54, 1.807) is 0 Å². The van der Waals surface area contributed by atoms with Crippen molar-refractivity contribution in [1.82, 2.24) is 6.15 Å². The number of fused-ring (bicyclic) bond motifs is 1. The van der Waals surface area contributed by atoms with Crippen molar-refractivity contribution in [2.75, 3.05) is 0 Å². The predicted molar refractivity (Wildman–Crippen MR) is 44.3 cm³/mol. The fourth-order valence-corrected chi connectivity index (χ4v) is 2.52. The van der Waals surface area contributed by atoms with Crippen molar-refractivity contribution in [3.05, 3.63) is 0 Å². The number of hydrogen-bond donors (Lipinski definition) is 1. The fourth-order valence-electron chi connectivity index (χ4n) is 2.52. The molecule has 1 heteroatoms. The highest BCUT2D eigenvalue weighted by Crippen LogP contribution is 2.71. The van der Waals surface area contributed by atoms with E-state index < -0.39 is 0 Å². The van der Waals surface area contributed by atoms with Crippen LogP contribution < -0.4 is 6.15 Å². The average molecular weight is 141 g/mol. The Morgan fingerprint density at radius 3 is 1.90 bits per heavy atom. The summed E-state index contributed by atoms with van der Waals surface area (Å²) in [5.74, 6) is 1.10. The summed E-state index contributed by atoms with van der Waals surface area (Å²) < 4.78 is 0. The van der Waals surface area contributed by atoms with Gasteiger partial charge in [-0.1, -0.05) is 20.8 Å². The SMILES string of the molecule is CC1(C)CCC2CC21C.N. The molecule has 1 nitrogen and oxygen atoms in total. The van der Waals surface area contributed by atoms with Crippen LogP contribution in [-0.2, 0) is 0 Å². The Kier molecular flexibility index (Phi) is 1.42. The van der Waals surface area contributed by atoms with Crippen molar-refractivity contribution in [2.24, 2.45) is 16.7 Å². The Balaban J connectivity index is 0.000000500. The predicted octanol–water partition coefficient (Wildman–Crippen LogP) is 2.99. The molecule has 0 spiro atoms. The summed E-state index contributed by atoms with van der Waals surface area (Å²) in [5, 5.41) is 0. The van der Waals surface area contributed by atoms with Crippen LogP contribution in [0.1, 0.15) is 40.0 Å². The molecule has 0 aromatic carbocycles. The first-order valence-electron chi connectivity index (χ1n) is 4.06. The molecular formula is C9H19N. The molecule has 0 radical (unpaired) electrons. The van der Waals surface area contributed by atoms with Gasteiger partial charge in [0.25, 0.3) is 0 Å². The number of rotatable bonds is 0. The molecule has 2 atom stereocenters. The van der Waals surface area contributed by atoms with Gasteiger partial charge in [-0.05, 0) is 36.0 Å². The van der Waals surface area contributed by atoms with E-state index in [0.29, 0.717) is 5.41 Å². The van der Waals surface area contributed by atoms with Gasteiger partial charge in [-0.3, -0.25) is 0 Å². The van der Waals surface area contributed by atoms with Crippen LogP contribution in [0.15, 0.2) is 0 Å². The van der Waals surface area contributed by atoms with E-state index in [4.69, 9.17) is 0 Å². The van der Waals surface area contributed by atoms with E-state index in [-0.39, 0.29) is 6.15 Å². The highest BCUT2D eigenvalue weighted by molar-refractivity contribution is 5.12. The van der Waals surface area contributed by atoms with Crippen molar-refractivity contribution in [3.8, 4) is 0 Å². The van der Waals surface area contributed by atoms with E-state index in [0.717, 1.165) is 11.3 Å². The fraction of sp³-hybridized carbons (Fsp3) is 1.00. The second-order valence-electron chi connectivity index (χ2n) is 4.74. The number of hydrogen-bond acceptors (Lipinski definition) is 1. The van der Waals surface area contributed by atoms with Crippen molar-refractivity contribution in [2.45, 2.75) is 40.0 Å². The Morgan fingerprint density at radius 1 is 1.20 bits per heavy atom. The molecule has 2 rings (SSSR count). The van der Waals surface area contributed by atoms with E-state index in [9.17, 15) is 0 Å². The molecule has 0 bridgehead atoms. The molecule has 0 amide bonds. The highest BCUT2D eigenvalue weighted by Gasteiger charge is 2.62. The molecule has 0 heterocycles. The Bertz CT molecular complexity index is 146. The van der Waals surface area contributed by atoms with Crippen LogP contribution in [0.2, 0.25) is 0 Å². The van der Waals surface area contributed by atoms with E-state index in [1.165, 1.54) is 19.3 Å². The average Bonchev–Trinajstić information content (AvgIpc) is 2.34. The highest BCUT2D eigenvalue weighted by atomic mass is 14.7. The first-order chi connectivity index (χ1) is 4.06. The van der Waals surface area contributed by atoms with E-state index in [1.807, 2.05) is 0 Å². The second kappa shape index (κ2) is 1.76. The lowest BCUT2D eigenvalue weighted by Crippen LogP contribution is -2.18. The van der Waals surface area contributed by atoms with Crippen LogP contribution >= 0.6 is 0 Å². The largest absolute Gasteiger partial charge is 0.344 e. The van der Waals surface area contributed by atoms with Gasteiger partial charge in [0.2, 0.25) is 0 Å². The summed E-state index contributed by atoms with van der Waals surface area (Å²) in [4.78, 5) is 0. The van der Waals surface area contributed by atoms with Gasteiger partial charge < -0.3 is 6.15 Å². The zero-order chi connectivity index (χ0) is 6.70. The third kappa shape index (κ3) is 0.672. The molecule has 0 aliphatic heterocycles. The summed E-state index contributed by atoms with van der Waals surface area (Å²) in [6, 6.07) is 0. The lowest BCUT2D eigenvalue weighted by Gasteiger charge is -2.27. The molecule has 2 aliphatic carbocycles. The summed E-state index contributed by atoms with van der Waals surface area (Å²) in [6.45, 7) is 7.32. The van der Waals surface area contributed by atoms with Gasteiger partial charge in [0.15, 0.2) is 0 Å². The third-order valence-electron chi connectivity index (χ3n) is 4.08. The monoisotopic (exact) mass is 141 g/mol. The Hall–Kier alpha value is -0.0400. The van der Waals surface area contributed by atoms with Gasteiger partial charge in [0, 0.05) is 0 Å². The molecule has 2 fully saturated rings. The molecule has 2 unspecified atom stereocenters. The smallest absolute Gasteiger partial charge is 0.0243 e. The summed E-state index contributed by atoms with van der Waals surface area (Å²) in [7, 11) is 0. The first-order valence-corrected chi connectivity index (χ1v) is 4.06. The van der Waals surface area contributed by atoms with Crippen molar-refractivity contribution in [1.29, 1.82) is 0 Å². The van der Waals surface area contributed by atoms with Crippen molar-refractivity contribution in [3.63, 3.8) is 0 Å². The quantitative estimate of drug-likeness (QED) is 0.553. The van der Waals surface area contributed by atoms with E-state index in [2.05, 4.69) is 20.8 Å². The zero-order valence-electron chi connectivity index (χ0n) is 7.41. The van der Waals surface area contributed by atoms with Gasteiger partial charge in [-0.2, -0.15) is 0 Å². The molecule has 2 aliphatic rings. The Labute approximate surface area is 63.8 Å². The molecule has 3 N–H and O–H groups in total. The van der Waals surface area contributed by atoms with Crippen LogP contribution in [0.5, 0.6) is 0 Å². The second-order valence-corrected chi connectivity index (χ2v) is 4.74. The lowest BCUT2D eigenvalue weighted by molar-refractivity contribution is 0.226. The summed E-state index contributed by atoms with van der Waals surface area (Å²) in [6.07, 6.45) is 4.48. The van der Waals surface area contributed by atoms with Crippen LogP contribution in [0, 0.1) is 16.7 Å². The Morgan fingerprint density at radius 2 is 1.80 bits per heavy atom. The maximum atomic E-state index is 2.46. The van der Waals surface area contributed by atoms with Gasteiger partial charge in [-0.15, -0.1) is 0 Å². The van der Waals surface area contributed by atoms with Crippen LogP contribution in [-0.4, -0.2) is 0 Å². The van der Waals surface area contributed by atoms with Gasteiger partial charge in [0.1, 0.15) is 0 Å². The molecule has 2 saturated carbocycles. The normalized spacial score (nSPS) is 47.7. The zero-order valence-corrected chi connectivity index (χ0v) is 7.41. The third-order valence-corrected chi connectivity index (χ3v) is 4.08. The minimum Gasteiger partial charge on any atom is -0.344 e. The molecule has 0 aromatic heterocycles. The molecule has 0 aromatic rings.